The van der Waals surface area contributed by atoms with E-state index in [0.717, 1.165) is 5.56 Å². The molecule has 0 spiro atoms. The Morgan fingerprint density at radius 3 is 2.60 bits per heavy atom. The molecule has 0 radical (unpaired) electrons. The molecule has 0 aliphatic heterocycles. The van der Waals surface area contributed by atoms with E-state index in [4.69, 9.17) is 11.6 Å². The summed E-state index contributed by atoms with van der Waals surface area (Å²) in [5, 5.41) is 3.36. The molecule has 1 rings (SSSR count). The van der Waals surface area contributed by atoms with E-state index in [2.05, 4.69) is 5.10 Å². The fourth-order valence-electron chi connectivity index (χ4n) is 0.709. The fraction of sp³-hybridized carbons (Fsp3) is 0. The van der Waals surface area contributed by atoms with Crippen LogP contribution >= 0.6 is 0 Å². The van der Waals surface area contributed by atoms with Crippen molar-refractivity contribution in [1.29, 1.82) is 0 Å². The zero-order valence-corrected chi connectivity index (χ0v) is 5.49. The Kier molecular flexibility index (Phi) is 1.89. The minimum absolute atomic E-state index is 0.691. The highest BCUT2D eigenvalue weighted by atomic mass is 15.1. The van der Waals surface area contributed by atoms with E-state index in [-0.39, 0.29) is 0 Å². The molecule has 0 aliphatic rings. The highest BCUT2D eigenvalue weighted by molar-refractivity contribution is 5.86. The lowest BCUT2D eigenvalue weighted by Crippen LogP contribution is -1.93. The molecule has 0 aliphatic carbocycles. The van der Waals surface area contributed by atoms with Crippen molar-refractivity contribution < 1.29 is 0 Å². The molecule has 52 valence electrons. The second-order valence-electron chi connectivity index (χ2n) is 1.91. The van der Waals surface area contributed by atoms with Gasteiger partial charge >= 0.3 is 0 Å². The number of benzene rings is 1. The number of nitrogens with two attached hydrogens (primary N) is 2. The van der Waals surface area contributed by atoms with Gasteiger partial charge in [-0.15, -0.1) is 0 Å². The van der Waals surface area contributed by atoms with E-state index in [0.29, 0.717) is 5.69 Å². The third-order valence-electron chi connectivity index (χ3n) is 1.21. The van der Waals surface area contributed by atoms with Gasteiger partial charge in [-0.05, 0) is 6.07 Å². The molecule has 3 nitrogen and oxygen atoms in total. The van der Waals surface area contributed by atoms with E-state index in [1.807, 2.05) is 18.2 Å². The zero-order chi connectivity index (χ0) is 7.40. The van der Waals surface area contributed by atoms with Gasteiger partial charge in [-0.25, -0.2) is 0 Å². The number of nitrogen functional groups attached to an aromatic ring is 1. The van der Waals surface area contributed by atoms with Crippen molar-refractivity contribution in [3.05, 3.63) is 29.8 Å². The van der Waals surface area contributed by atoms with Crippen molar-refractivity contribution in [2.75, 3.05) is 5.73 Å². The van der Waals surface area contributed by atoms with Crippen molar-refractivity contribution in [2.45, 2.75) is 0 Å². The van der Waals surface area contributed by atoms with Gasteiger partial charge in [0.05, 0.1) is 6.21 Å². The summed E-state index contributed by atoms with van der Waals surface area (Å²) in [4.78, 5) is 0. The maximum absolute atomic E-state index is 5.56. The van der Waals surface area contributed by atoms with Crippen LogP contribution in [0.25, 0.3) is 0 Å². The number of para-hydroxylation sites is 1. The Morgan fingerprint density at radius 1 is 1.30 bits per heavy atom. The first-order valence-corrected chi connectivity index (χ1v) is 2.92. The van der Waals surface area contributed by atoms with E-state index in [1.165, 1.54) is 6.21 Å². The quantitative estimate of drug-likeness (QED) is 0.256. The molecule has 4 N–H and O–H groups in total. The number of hydrogen-bond acceptors (Lipinski definition) is 3. The van der Waals surface area contributed by atoms with Gasteiger partial charge < -0.3 is 11.6 Å². The highest BCUT2D eigenvalue weighted by Crippen LogP contribution is 2.06. The fourth-order valence-corrected chi connectivity index (χ4v) is 0.709. The molecule has 0 atom stereocenters. The monoisotopic (exact) mass is 135 g/mol. The summed E-state index contributed by atoms with van der Waals surface area (Å²) in [5.74, 6) is 4.94. The normalized spacial score (nSPS) is 10.4. The first-order valence-electron chi connectivity index (χ1n) is 2.92. The number of hydrazone groups is 1. The Balaban J connectivity index is 3.03. The summed E-state index contributed by atoms with van der Waals surface area (Å²) in [6, 6.07) is 7.40. The molecule has 0 unspecified atom stereocenters. The van der Waals surface area contributed by atoms with Crippen molar-refractivity contribution in [2.24, 2.45) is 10.9 Å². The minimum atomic E-state index is 0.691. The third-order valence-corrected chi connectivity index (χ3v) is 1.21. The van der Waals surface area contributed by atoms with E-state index in [1.54, 1.807) is 6.07 Å². The van der Waals surface area contributed by atoms with Crippen LogP contribution in [-0.4, -0.2) is 6.21 Å². The number of anilines is 1. The van der Waals surface area contributed by atoms with Crippen LogP contribution in [0.4, 0.5) is 5.69 Å². The summed E-state index contributed by atoms with van der Waals surface area (Å²) in [5.41, 5.74) is 7.10. The van der Waals surface area contributed by atoms with Crippen LogP contribution in [0.1, 0.15) is 5.56 Å². The molecule has 0 bridgehead atoms. The SMILES string of the molecule is NN=Cc1ccccc1N. The number of hydrogen-bond donors (Lipinski definition) is 2. The van der Waals surface area contributed by atoms with Gasteiger partial charge in [-0.3, -0.25) is 0 Å². The molecule has 0 saturated carbocycles. The van der Waals surface area contributed by atoms with Gasteiger partial charge in [-0.1, -0.05) is 18.2 Å². The maximum atomic E-state index is 5.56. The van der Waals surface area contributed by atoms with E-state index < -0.39 is 0 Å². The van der Waals surface area contributed by atoms with Gasteiger partial charge in [0.1, 0.15) is 0 Å². The zero-order valence-electron chi connectivity index (χ0n) is 5.49. The van der Waals surface area contributed by atoms with E-state index >= 15 is 0 Å². The van der Waals surface area contributed by atoms with Gasteiger partial charge in [0, 0.05) is 11.3 Å². The Bertz CT molecular complexity index is 242. The molecule has 3 heteroatoms. The Labute approximate surface area is 59.3 Å². The van der Waals surface area contributed by atoms with Crippen molar-refractivity contribution in [1.82, 2.24) is 0 Å². The van der Waals surface area contributed by atoms with Crippen LogP contribution in [0.5, 0.6) is 0 Å². The number of nitrogens with zero attached hydrogens (tertiary/aromatic N) is 1. The molecule has 0 amide bonds. The summed E-state index contributed by atoms with van der Waals surface area (Å²) in [7, 11) is 0. The van der Waals surface area contributed by atoms with Crippen LogP contribution in [0.15, 0.2) is 29.4 Å². The topological polar surface area (TPSA) is 64.4 Å². The van der Waals surface area contributed by atoms with Crippen LogP contribution in [-0.2, 0) is 0 Å². The average Bonchev–Trinajstić information content (AvgIpc) is 1.94. The summed E-state index contributed by atoms with van der Waals surface area (Å²) >= 11 is 0. The molecule has 1 aromatic rings. The molecular formula is C7H9N3. The second kappa shape index (κ2) is 2.87. The number of rotatable bonds is 1. The predicted molar refractivity (Wildman–Crippen MR) is 42.6 cm³/mol. The lowest BCUT2D eigenvalue weighted by Gasteiger charge is -1.95. The second-order valence-corrected chi connectivity index (χ2v) is 1.91. The maximum Gasteiger partial charge on any atom is 0.0558 e. The lowest BCUT2D eigenvalue weighted by atomic mass is 10.2. The van der Waals surface area contributed by atoms with Crippen LogP contribution < -0.4 is 11.6 Å². The van der Waals surface area contributed by atoms with Crippen LogP contribution in [0, 0.1) is 0 Å². The van der Waals surface area contributed by atoms with Crippen LogP contribution in [0.3, 0.4) is 0 Å². The minimum Gasteiger partial charge on any atom is -0.398 e. The van der Waals surface area contributed by atoms with Crippen LogP contribution in [0.2, 0.25) is 0 Å². The third kappa shape index (κ3) is 1.25. The predicted octanol–water partition coefficient (Wildman–Crippen LogP) is 0.561. The first kappa shape index (κ1) is 6.61. The van der Waals surface area contributed by atoms with Crippen molar-refractivity contribution in [3.8, 4) is 0 Å². The first-order chi connectivity index (χ1) is 4.84. The molecule has 10 heavy (non-hydrogen) atoms. The standard InChI is InChI=1S/C7H9N3/c8-7-4-2-1-3-6(7)5-10-9/h1-5H,8-9H2. The smallest absolute Gasteiger partial charge is 0.0558 e. The average molecular weight is 135 g/mol. The summed E-state index contributed by atoms with van der Waals surface area (Å²) in [6.45, 7) is 0. The van der Waals surface area contributed by atoms with E-state index in [9.17, 15) is 0 Å². The largest absolute Gasteiger partial charge is 0.398 e. The Hall–Kier alpha value is -1.51. The van der Waals surface area contributed by atoms with Gasteiger partial charge in [0.25, 0.3) is 0 Å². The molecule has 0 saturated heterocycles. The van der Waals surface area contributed by atoms with Crippen molar-refractivity contribution >= 4 is 11.9 Å². The molecule has 0 heterocycles. The van der Waals surface area contributed by atoms with Gasteiger partial charge in [-0.2, -0.15) is 5.10 Å². The Morgan fingerprint density at radius 2 is 2.00 bits per heavy atom. The van der Waals surface area contributed by atoms with Gasteiger partial charge in [0.2, 0.25) is 0 Å². The molecular weight excluding hydrogens is 126 g/mol. The highest BCUT2D eigenvalue weighted by Gasteiger charge is 1.90. The molecule has 0 aromatic heterocycles. The lowest BCUT2D eigenvalue weighted by molar-refractivity contribution is 1.26. The molecule has 0 fully saturated rings. The molecule has 1 aromatic carbocycles. The van der Waals surface area contributed by atoms with Gasteiger partial charge in [0.15, 0.2) is 0 Å². The van der Waals surface area contributed by atoms with Crippen molar-refractivity contribution in [3.63, 3.8) is 0 Å². The summed E-state index contributed by atoms with van der Waals surface area (Å²) in [6.07, 6.45) is 1.52. The summed E-state index contributed by atoms with van der Waals surface area (Å²) < 4.78 is 0.